The molecule has 0 unspecified atom stereocenters. The molecule has 0 fully saturated rings. The first-order valence-corrected chi connectivity index (χ1v) is 9.84. The molecule has 3 aromatic rings. The summed E-state index contributed by atoms with van der Waals surface area (Å²) < 4.78 is 25.8. The van der Waals surface area contributed by atoms with Gasteiger partial charge in [0.2, 0.25) is 0 Å². The monoisotopic (exact) mass is 370 g/mol. The van der Waals surface area contributed by atoms with Crippen molar-refractivity contribution < 1.29 is 18.3 Å². The molecule has 1 N–H and O–H groups in total. The molecule has 6 nitrogen and oxygen atoms in total. The van der Waals surface area contributed by atoms with Crippen molar-refractivity contribution >= 4 is 15.8 Å². The summed E-state index contributed by atoms with van der Waals surface area (Å²) in [5.41, 5.74) is 1.56. The van der Waals surface area contributed by atoms with E-state index in [1.54, 1.807) is 60.9 Å². The van der Waals surface area contributed by atoms with Crippen LogP contribution in [0.5, 0.6) is 0 Å². The third-order valence-corrected chi connectivity index (χ3v) is 5.31. The number of sulfone groups is 1. The van der Waals surface area contributed by atoms with Gasteiger partial charge in [0.1, 0.15) is 5.82 Å². The number of rotatable bonds is 6. The highest BCUT2D eigenvalue weighted by Crippen LogP contribution is 2.19. The standard InChI is InChI=1S/C19H18N2O4S/c1-26(24,25)17-9-5-3-6-14(17)12-18-20-10-11-21(18)13-15-7-2-4-8-16(15)19(22)23/h2-11H,12-13H2,1H3,(H,22,23). The summed E-state index contributed by atoms with van der Waals surface area (Å²) in [4.78, 5) is 16.0. The van der Waals surface area contributed by atoms with Crippen molar-refractivity contribution in [2.24, 2.45) is 0 Å². The highest BCUT2D eigenvalue weighted by molar-refractivity contribution is 7.90. The van der Waals surface area contributed by atoms with E-state index in [2.05, 4.69) is 4.98 Å². The lowest BCUT2D eigenvalue weighted by atomic mass is 10.1. The molecule has 0 saturated heterocycles. The van der Waals surface area contributed by atoms with E-state index in [1.807, 2.05) is 4.57 Å². The summed E-state index contributed by atoms with van der Waals surface area (Å²) in [7, 11) is -3.34. The molecule has 0 aliphatic carbocycles. The van der Waals surface area contributed by atoms with Crippen LogP contribution in [0.15, 0.2) is 65.8 Å². The molecule has 7 heteroatoms. The van der Waals surface area contributed by atoms with Crippen molar-refractivity contribution in [1.29, 1.82) is 0 Å². The van der Waals surface area contributed by atoms with Gasteiger partial charge in [-0.05, 0) is 23.3 Å². The number of nitrogens with zero attached hydrogens (tertiary/aromatic N) is 2. The fourth-order valence-corrected chi connectivity index (χ4v) is 3.83. The molecule has 2 aromatic carbocycles. The van der Waals surface area contributed by atoms with Crippen molar-refractivity contribution in [3.05, 3.63) is 83.4 Å². The van der Waals surface area contributed by atoms with Crippen molar-refractivity contribution in [3.8, 4) is 0 Å². The van der Waals surface area contributed by atoms with Gasteiger partial charge in [0.05, 0.1) is 10.5 Å². The van der Waals surface area contributed by atoms with E-state index in [0.29, 0.717) is 29.9 Å². The van der Waals surface area contributed by atoms with Gasteiger partial charge in [-0.2, -0.15) is 0 Å². The summed E-state index contributed by atoms with van der Waals surface area (Å²) in [5.74, 6) is -0.314. The van der Waals surface area contributed by atoms with Crippen molar-refractivity contribution in [2.45, 2.75) is 17.9 Å². The molecular weight excluding hydrogens is 352 g/mol. The van der Waals surface area contributed by atoms with Crippen LogP contribution in [-0.2, 0) is 22.8 Å². The van der Waals surface area contributed by atoms with Crippen LogP contribution in [0.3, 0.4) is 0 Å². The molecule has 0 atom stereocenters. The lowest BCUT2D eigenvalue weighted by molar-refractivity contribution is 0.0695. The number of hydrogen-bond donors (Lipinski definition) is 1. The highest BCUT2D eigenvalue weighted by Gasteiger charge is 2.16. The van der Waals surface area contributed by atoms with Crippen molar-refractivity contribution in [2.75, 3.05) is 6.26 Å². The van der Waals surface area contributed by atoms with Crippen LogP contribution in [-0.4, -0.2) is 35.3 Å². The lowest BCUT2D eigenvalue weighted by Crippen LogP contribution is -2.11. The largest absolute Gasteiger partial charge is 0.478 e. The normalized spacial score (nSPS) is 11.4. The molecule has 1 aromatic heterocycles. The fraction of sp³-hybridized carbons (Fsp3) is 0.158. The third kappa shape index (κ3) is 3.83. The van der Waals surface area contributed by atoms with Gasteiger partial charge in [-0.15, -0.1) is 0 Å². The van der Waals surface area contributed by atoms with Gasteiger partial charge in [-0.25, -0.2) is 18.2 Å². The molecule has 0 spiro atoms. The molecule has 0 radical (unpaired) electrons. The summed E-state index contributed by atoms with van der Waals surface area (Å²) in [6, 6.07) is 13.6. The van der Waals surface area contributed by atoms with Gasteiger partial charge < -0.3 is 9.67 Å². The van der Waals surface area contributed by atoms with Gasteiger partial charge in [0.25, 0.3) is 0 Å². The van der Waals surface area contributed by atoms with Gasteiger partial charge in [-0.1, -0.05) is 36.4 Å². The highest BCUT2D eigenvalue weighted by atomic mass is 32.2. The number of imidazole rings is 1. The zero-order valence-electron chi connectivity index (χ0n) is 14.2. The number of aromatic carboxylic acids is 1. The Morgan fingerprint density at radius 3 is 2.42 bits per heavy atom. The Morgan fingerprint density at radius 1 is 1.08 bits per heavy atom. The SMILES string of the molecule is CS(=O)(=O)c1ccccc1Cc1nccn1Cc1ccccc1C(=O)O. The van der Waals surface area contributed by atoms with Crippen LogP contribution < -0.4 is 0 Å². The maximum Gasteiger partial charge on any atom is 0.336 e. The van der Waals surface area contributed by atoms with Crippen LogP contribution in [0.25, 0.3) is 0 Å². The molecule has 0 saturated carbocycles. The van der Waals surface area contributed by atoms with E-state index in [4.69, 9.17) is 0 Å². The molecule has 134 valence electrons. The van der Waals surface area contributed by atoms with Crippen LogP contribution >= 0.6 is 0 Å². The average molecular weight is 370 g/mol. The van der Waals surface area contributed by atoms with Crippen LogP contribution in [0, 0.1) is 0 Å². The number of carboxylic acids is 1. The Balaban J connectivity index is 1.93. The predicted octanol–water partition coefficient (Wildman–Crippen LogP) is 2.62. The number of aromatic nitrogens is 2. The van der Waals surface area contributed by atoms with Crippen molar-refractivity contribution in [3.63, 3.8) is 0 Å². The van der Waals surface area contributed by atoms with Crippen LogP contribution in [0.4, 0.5) is 0 Å². The quantitative estimate of drug-likeness (QED) is 0.720. The Labute approximate surface area is 151 Å². The number of hydrogen-bond acceptors (Lipinski definition) is 4. The summed E-state index contributed by atoms with van der Waals surface area (Å²) in [5, 5.41) is 9.33. The first-order valence-electron chi connectivity index (χ1n) is 7.95. The van der Waals surface area contributed by atoms with Gasteiger partial charge in [0, 0.05) is 31.6 Å². The molecule has 0 aliphatic rings. The molecule has 3 rings (SSSR count). The minimum atomic E-state index is -3.34. The Morgan fingerprint density at radius 2 is 1.73 bits per heavy atom. The smallest absolute Gasteiger partial charge is 0.336 e. The zero-order chi connectivity index (χ0) is 18.7. The molecule has 0 aliphatic heterocycles. The van der Waals surface area contributed by atoms with E-state index < -0.39 is 15.8 Å². The number of benzene rings is 2. The van der Waals surface area contributed by atoms with Crippen molar-refractivity contribution in [1.82, 2.24) is 9.55 Å². The second-order valence-corrected chi connectivity index (χ2v) is 7.97. The molecule has 26 heavy (non-hydrogen) atoms. The molecule has 0 bridgehead atoms. The second kappa shape index (κ2) is 7.13. The zero-order valence-corrected chi connectivity index (χ0v) is 15.0. The third-order valence-electron chi connectivity index (χ3n) is 4.11. The van der Waals surface area contributed by atoms with Crippen LogP contribution in [0.1, 0.15) is 27.3 Å². The maximum atomic E-state index is 12.0. The Kier molecular flexibility index (Phi) is 4.90. The van der Waals surface area contributed by atoms with E-state index in [-0.39, 0.29) is 10.5 Å². The predicted molar refractivity (Wildman–Crippen MR) is 97.1 cm³/mol. The molecular formula is C19H18N2O4S. The Bertz CT molecular complexity index is 1050. The molecule has 0 amide bonds. The Hall–Kier alpha value is -2.93. The second-order valence-electron chi connectivity index (χ2n) is 5.99. The van der Waals surface area contributed by atoms with Crippen LogP contribution in [0.2, 0.25) is 0 Å². The lowest BCUT2D eigenvalue weighted by Gasteiger charge is -2.12. The van der Waals surface area contributed by atoms with Gasteiger partial charge in [0.15, 0.2) is 9.84 Å². The van der Waals surface area contributed by atoms with Gasteiger partial charge >= 0.3 is 5.97 Å². The number of carboxylic acid groups (broad SMARTS) is 1. The number of carbonyl (C=O) groups is 1. The molecule has 1 heterocycles. The van der Waals surface area contributed by atoms with E-state index in [0.717, 1.165) is 0 Å². The summed E-state index contributed by atoms with van der Waals surface area (Å²) in [6.07, 6.45) is 4.91. The van der Waals surface area contributed by atoms with E-state index in [1.165, 1.54) is 6.26 Å². The average Bonchev–Trinajstić information content (AvgIpc) is 3.01. The maximum absolute atomic E-state index is 12.0. The van der Waals surface area contributed by atoms with Gasteiger partial charge in [-0.3, -0.25) is 0 Å². The fourth-order valence-electron chi connectivity index (χ4n) is 2.88. The first kappa shape index (κ1) is 17.9. The topological polar surface area (TPSA) is 89.3 Å². The van der Waals surface area contributed by atoms with E-state index in [9.17, 15) is 18.3 Å². The minimum absolute atomic E-state index is 0.240. The summed E-state index contributed by atoms with van der Waals surface area (Å²) >= 11 is 0. The first-order chi connectivity index (χ1) is 12.4. The summed E-state index contributed by atoms with van der Waals surface area (Å²) in [6.45, 7) is 0.346. The minimum Gasteiger partial charge on any atom is -0.478 e. The van der Waals surface area contributed by atoms with E-state index >= 15 is 0 Å².